The number of pyridine rings is 4. The number of amides is 1. The molecule has 23 heteroatoms. The van der Waals surface area contributed by atoms with Crippen LogP contribution in [0.3, 0.4) is 0 Å². The number of furan rings is 2. The number of hydrogen-bond acceptors (Lipinski definition) is 16. The van der Waals surface area contributed by atoms with Crippen molar-refractivity contribution < 1.29 is 26.4 Å². The van der Waals surface area contributed by atoms with Gasteiger partial charge in [-0.2, -0.15) is 10.4 Å². The predicted octanol–water partition coefficient (Wildman–Crippen LogP) is 13.9. The number of hydrogen-bond donors (Lipinski definition) is 3. The van der Waals surface area contributed by atoms with Gasteiger partial charge >= 0.3 is 5.97 Å². The predicted molar refractivity (Wildman–Crippen MR) is 340 cm³/mol. The monoisotopic (exact) mass is 1290 g/mol. The molecule has 2 saturated heterocycles. The molecular weight excluding hydrogens is 1220 g/mol. The second-order valence-electron chi connectivity index (χ2n) is 24.2. The highest BCUT2D eigenvalue weighted by molar-refractivity contribution is 14.0. The van der Waals surface area contributed by atoms with Gasteiger partial charge in [-0.1, -0.05) is 115 Å². The van der Waals surface area contributed by atoms with Gasteiger partial charge in [0.2, 0.25) is 17.4 Å². The first-order valence-corrected chi connectivity index (χ1v) is 28.0. The van der Waals surface area contributed by atoms with Crippen molar-refractivity contribution in [1.82, 2.24) is 66.1 Å². The number of carbonyl (C=O) groups is 2. The lowest BCUT2D eigenvalue weighted by atomic mass is 9.84. The molecule has 10 heterocycles. The Labute approximate surface area is 516 Å². The SMILES string of the molecule is CC(C)(C)c1cc(-c2ccc(Cl)cc2)nc2cc(C(=O)N3CCN(c4cccc(-c5nn[nH]n5)n4)CC3(C)C)oc12.CC(C)(C)c1cc(-c2ccc(Cl)cc2)nc2cc(C(=O)O)oc12.CC1(C)CCCN(c2cccc(-c3nn[nH]n3)n2)C1.I.[HH].[HH]. The Morgan fingerprint density at radius 1 is 0.595 bits per heavy atom. The molecule has 1 amide bonds. The number of rotatable bonds is 8. The topological polar surface area (TPSA) is 251 Å². The van der Waals surface area contributed by atoms with Crippen LogP contribution in [-0.2, 0) is 10.8 Å². The third-order valence-electron chi connectivity index (χ3n) is 14.6. The number of H-pyrrole nitrogens is 2. The Morgan fingerprint density at radius 2 is 1.06 bits per heavy atom. The number of nitrogens with zero attached hydrogens (tertiary/aromatic N) is 13. The number of piperidine rings is 1. The minimum Gasteiger partial charge on any atom is -0.475 e. The molecule has 0 saturated carbocycles. The number of piperazine rings is 1. The number of anilines is 2. The summed E-state index contributed by atoms with van der Waals surface area (Å²) in [6.45, 7) is 25.1. The van der Waals surface area contributed by atoms with Crippen LogP contribution in [0.1, 0.15) is 117 Å². The molecule has 2 aliphatic heterocycles. The minimum absolute atomic E-state index is 0. The van der Waals surface area contributed by atoms with E-state index in [2.05, 4.69) is 130 Å². The number of aromatic carboxylic acids is 1. The molecule has 0 radical (unpaired) electrons. The van der Waals surface area contributed by atoms with Gasteiger partial charge in [0.05, 0.1) is 16.9 Å². The first-order valence-electron chi connectivity index (χ1n) is 27.3. The molecule has 2 aliphatic rings. The molecule has 2 fully saturated rings. The molecule has 12 rings (SSSR count). The van der Waals surface area contributed by atoms with Gasteiger partial charge in [-0.15, -0.1) is 44.4 Å². The van der Waals surface area contributed by atoms with Gasteiger partial charge in [0.15, 0.2) is 16.9 Å². The highest BCUT2D eigenvalue weighted by Crippen LogP contribution is 2.38. The van der Waals surface area contributed by atoms with Crippen LogP contribution in [0, 0.1) is 5.41 Å². The number of aromatic amines is 2. The van der Waals surface area contributed by atoms with E-state index in [1.165, 1.54) is 18.9 Å². The molecular formula is C61H70Cl2IN15O5. The maximum absolute atomic E-state index is 13.9. The van der Waals surface area contributed by atoms with Crippen LogP contribution in [0.2, 0.25) is 10.0 Å². The third-order valence-corrected chi connectivity index (χ3v) is 15.1. The van der Waals surface area contributed by atoms with E-state index in [4.69, 9.17) is 47.1 Å². The van der Waals surface area contributed by atoms with Crippen molar-refractivity contribution in [3.8, 4) is 45.6 Å². The number of carboxylic acids is 1. The summed E-state index contributed by atoms with van der Waals surface area (Å²) in [5.41, 5.74) is 8.51. The van der Waals surface area contributed by atoms with Crippen molar-refractivity contribution in [2.24, 2.45) is 5.41 Å². The van der Waals surface area contributed by atoms with E-state index in [-0.39, 0.29) is 55.1 Å². The van der Waals surface area contributed by atoms with Gasteiger partial charge in [-0.25, -0.2) is 24.7 Å². The molecule has 84 heavy (non-hydrogen) atoms. The summed E-state index contributed by atoms with van der Waals surface area (Å²) in [5, 5.41) is 38.6. The smallest absolute Gasteiger partial charge is 0.371 e. The normalized spacial score (nSPS) is 15.0. The summed E-state index contributed by atoms with van der Waals surface area (Å²) < 4.78 is 11.8. The maximum Gasteiger partial charge on any atom is 0.371 e. The van der Waals surface area contributed by atoms with E-state index in [0.717, 1.165) is 64.1 Å². The second-order valence-corrected chi connectivity index (χ2v) is 25.1. The molecule has 0 unspecified atom stereocenters. The summed E-state index contributed by atoms with van der Waals surface area (Å²) in [5.74, 6) is 1.69. The molecule has 0 aliphatic carbocycles. The number of aromatic nitrogens is 12. The molecule has 440 valence electrons. The Morgan fingerprint density at radius 3 is 1.49 bits per heavy atom. The zero-order valence-electron chi connectivity index (χ0n) is 48.4. The zero-order valence-corrected chi connectivity index (χ0v) is 52.2. The van der Waals surface area contributed by atoms with E-state index in [1.54, 1.807) is 18.2 Å². The van der Waals surface area contributed by atoms with E-state index in [0.29, 0.717) is 74.6 Å². The fraction of sp³-hybridized carbons (Fsp3) is 0.344. The molecule has 10 aromatic rings. The largest absolute Gasteiger partial charge is 0.475 e. The highest BCUT2D eigenvalue weighted by Gasteiger charge is 2.39. The highest BCUT2D eigenvalue weighted by atomic mass is 127. The van der Waals surface area contributed by atoms with Gasteiger partial charge < -0.3 is 28.6 Å². The van der Waals surface area contributed by atoms with Crippen molar-refractivity contribution in [2.75, 3.05) is 42.5 Å². The molecule has 8 aromatic heterocycles. The first kappa shape index (κ1) is 60.7. The number of fused-ring (bicyclic) bond motifs is 2. The average Bonchev–Trinajstić information content (AvgIpc) is 1.72. The van der Waals surface area contributed by atoms with Crippen LogP contribution in [0.15, 0.2) is 118 Å². The number of tetrazole rings is 2. The van der Waals surface area contributed by atoms with Gasteiger partial charge in [-0.05, 0) is 114 Å². The van der Waals surface area contributed by atoms with Crippen molar-refractivity contribution >= 4 is 92.9 Å². The summed E-state index contributed by atoms with van der Waals surface area (Å²) >= 11 is 12.0. The summed E-state index contributed by atoms with van der Waals surface area (Å²) in [7, 11) is 0. The van der Waals surface area contributed by atoms with Crippen LogP contribution in [-0.4, -0.2) is 121 Å². The van der Waals surface area contributed by atoms with E-state index in [9.17, 15) is 9.59 Å². The Hall–Kier alpha value is -7.89. The summed E-state index contributed by atoms with van der Waals surface area (Å²) in [6.07, 6.45) is 2.48. The average molecular weight is 1290 g/mol. The molecule has 20 nitrogen and oxygen atoms in total. The fourth-order valence-corrected chi connectivity index (χ4v) is 10.6. The van der Waals surface area contributed by atoms with Gasteiger partial charge in [0.25, 0.3) is 5.91 Å². The van der Waals surface area contributed by atoms with Crippen molar-refractivity contribution in [2.45, 2.75) is 98.4 Å². The lowest BCUT2D eigenvalue weighted by Gasteiger charge is -2.47. The van der Waals surface area contributed by atoms with E-state index in [1.807, 2.05) is 89.8 Å². The maximum atomic E-state index is 13.9. The second kappa shape index (κ2) is 24.4. The molecule has 0 bridgehead atoms. The number of nitrogens with one attached hydrogen (secondary N) is 2. The molecule has 0 spiro atoms. The van der Waals surface area contributed by atoms with Crippen molar-refractivity contribution in [3.63, 3.8) is 0 Å². The zero-order chi connectivity index (χ0) is 59.0. The molecule has 2 aromatic carbocycles. The van der Waals surface area contributed by atoms with Gasteiger partial charge in [0.1, 0.15) is 34.1 Å². The lowest BCUT2D eigenvalue weighted by Crippen LogP contribution is -2.61. The molecule has 3 N–H and O–H groups in total. The Kier molecular flexibility index (Phi) is 17.6. The summed E-state index contributed by atoms with van der Waals surface area (Å²) in [6, 6.07) is 33.9. The number of carbonyl (C=O) groups excluding carboxylic acids is 1. The Balaban J connectivity index is 0.000000199. The standard InChI is InChI=1S/C30H31ClN8O2.C18H16ClNO3.C13H18N6.HI.2H2/c1-29(2,3)20-15-22(18-9-11-19(31)12-10-18)32-23-16-24(41-26(20)23)28(40)39-14-13-38(17-30(39,4)5)25-8-6-7-21(33-25)27-34-36-37-35-27;1-18(2,3)12-8-13(10-4-6-11(19)7-5-10)20-14-9-15(17(21)22)23-16(12)14;1-13(2)7-4-8-19(9-13)11-6-3-5-10(14-11)12-15-17-18-16-12;;;/h6-12,15-16H,13-14,17H2,1-5H3,(H,34,35,36,37);4-9H,1-3H3,(H,21,22);3,5-6H,4,7-9H2,1-2H3,(H,15,16,17,18);3*1H. The van der Waals surface area contributed by atoms with Crippen molar-refractivity contribution in [1.29, 1.82) is 0 Å². The van der Waals surface area contributed by atoms with E-state index >= 15 is 0 Å². The number of halogens is 3. The first-order chi connectivity index (χ1) is 39.4. The Bertz CT molecular complexity index is 3940. The van der Waals surface area contributed by atoms with Gasteiger partial charge in [-0.3, -0.25) is 4.79 Å². The van der Waals surface area contributed by atoms with Crippen molar-refractivity contribution in [3.05, 3.63) is 142 Å². The third kappa shape index (κ3) is 13.7. The summed E-state index contributed by atoms with van der Waals surface area (Å²) in [4.78, 5) is 50.3. The number of benzene rings is 2. The van der Waals surface area contributed by atoms with Crippen LogP contribution in [0.5, 0.6) is 0 Å². The minimum atomic E-state index is -1.10. The molecule has 0 atom stereocenters. The number of carboxylic acid groups (broad SMARTS) is 1. The van der Waals surface area contributed by atoms with Crippen LogP contribution < -0.4 is 9.80 Å². The lowest BCUT2D eigenvalue weighted by molar-refractivity contribution is 0.0483. The van der Waals surface area contributed by atoms with Crippen LogP contribution in [0.4, 0.5) is 11.6 Å². The van der Waals surface area contributed by atoms with Crippen LogP contribution in [0.25, 0.3) is 67.8 Å². The fourth-order valence-electron chi connectivity index (χ4n) is 10.4. The van der Waals surface area contributed by atoms with Crippen LogP contribution >= 0.6 is 47.2 Å². The van der Waals surface area contributed by atoms with E-state index < -0.39 is 11.5 Å². The quantitative estimate of drug-likeness (QED) is 0.120. The van der Waals surface area contributed by atoms with Gasteiger partial charge in [0, 0.05) is 80.0 Å².